The Morgan fingerprint density at radius 3 is 2.82 bits per heavy atom. The Morgan fingerprint density at radius 1 is 1.18 bits per heavy atom. The maximum atomic E-state index is 12.3. The minimum absolute atomic E-state index is 0.206. The molecule has 2 heterocycles. The molecule has 0 saturated heterocycles. The van der Waals surface area contributed by atoms with Crippen molar-refractivity contribution in [2.75, 3.05) is 5.73 Å². The molecule has 1 spiro atoms. The fourth-order valence-electron chi connectivity index (χ4n) is 2.98. The molecule has 0 bridgehead atoms. The molecule has 2 N–H and O–H groups in total. The first-order valence-corrected chi connectivity index (χ1v) is 7.40. The van der Waals surface area contributed by atoms with Crippen molar-refractivity contribution >= 4 is 11.6 Å². The van der Waals surface area contributed by atoms with Crippen LogP contribution in [0.15, 0.2) is 30.5 Å². The van der Waals surface area contributed by atoms with Crippen LogP contribution >= 0.6 is 0 Å². The minimum atomic E-state index is 0.206. The van der Waals surface area contributed by atoms with E-state index in [0.717, 1.165) is 36.1 Å². The largest absolute Gasteiger partial charge is 0.384 e. The minimum Gasteiger partial charge on any atom is -0.384 e. The van der Waals surface area contributed by atoms with E-state index in [4.69, 9.17) is 5.73 Å². The van der Waals surface area contributed by atoms with E-state index >= 15 is 0 Å². The molecular weight excluding hydrogens is 274 g/mol. The smallest absolute Gasteiger partial charge is 0.165 e. The highest BCUT2D eigenvalue weighted by Gasteiger charge is 2.48. The highest BCUT2D eigenvalue weighted by molar-refractivity contribution is 5.99. The molecule has 1 saturated carbocycles. The topological polar surface area (TPSA) is 68.9 Å². The normalized spacial score (nSPS) is 17.5. The molecule has 0 aromatic carbocycles. The summed E-state index contributed by atoms with van der Waals surface area (Å²) >= 11 is 0. The summed E-state index contributed by atoms with van der Waals surface area (Å²) in [6.45, 7) is 0. The standard InChI is InChI=1S/C18H15N3O/c19-17-3-1-2-13(21-17)5-4-12-8-14-15(20-11-12)9-18(6-7-18)10-16(14)22/h1-3,8,11H,6-7,9-10H2,(H2,19,21). The van der Waals surface area contributed by atoms with Crippen LogP contribution in [-0.2, 0) is 6.42 Å². The molecular formula is C18H15N3O. The Hall–Kier alpha value is -2.67. The Labute approximate surface area is 128 Å². The third-order valence-corrected chi connectivity index (χ3v) is 4.41. The second-order valence-electron chi connectivity index (χ2n) is 6.19. The molecule has 2 aromatic heterocycles. The molecule has 4 heteroatoms. The van der Waals surface area contributed by atoms with E-state index in [1.165, 1.54) is 0 Å². The maximum Gasteiger partial charge on any atom is 0.165 e. The summed E-state index contributed by atoms with van der Waals surface area (Å²) in [4.78, 5) is 20.9. The van der Waals surface area contributed by atoms with Gasteiger partial charge in [0.25, 0.3) is 0 Å². The van der Waals surface area contributed by atoms with E-state index in [1.54, 1.807) is 18.3 Å². The summed E-state index contributed by atoms with van der Waals surface area (Å²) in [5.74, 6) is 6.62. The number of carbonyl (C=O) groups excluding carboxylic acids is 1. The van der Waals surface area contributed by atoms with E-state index < -0.39 is 0 Å². The van der Waals surface area contributed by atoms with Gasteiger partial charge in [-0.3, -0.25) is 9.78 Å². The zero-order valence-electron chi connectivity index (χ0n) is 12.1. The van der Waals surface area contributed by atoms with Gasteiger partial charge in [-0.2, -0.15) is 0 Å². The highest BCUT2D eigenvalue weighted by Crippen LogP contribution is 2.54. The van der Waals surface area contributed by atoms with Crippen molar-refractivity contribution in [3.05, 3.63) is 53.0 Å². The van der Waals surface area contributed by atoms with Crippen LogP contribution in [-0.4, -0.2) is 15.8 Å². The van der Waals surface area contributed by atoms with Gasteiger partial charge in [-0.05, 0) is 48.8 Å². The van der Waals surface area contributed by atoms with Crippen molar-refractivity contribution in [1.82, 2.24) is 9.97 Å². The molecule has 4 rings (SSSR count). The molecule has 2 aliphatic rings. The van der Waals surface area contributed by atoms with Crippen molar-refractivity contribution in [2.24, 2.45) is 5.41 Å². The van der Waals surface area contributed by atoms with Gasteiger partial charge < -0.3 is 5.73 Å². The second kappa shape index (κ2) is 4.67. The van der Waals surface area contributed by atoms with E-state index in [-0.39, 0.29) is 11.2 Å². The van der Waals surface area contributed by atoms with Crippen LogP contribution < -0.4 is 5.73 Å². The number of nitrogen functional groups attached to an aromatic ring is 1. The van der Waals surface area contributed by atoms with Crippen molar-refractivity contribution in [3.8, 4) is 11.8 Å². The average molecular weight is 289 g/mol. The first-order chi connectivity index (χ1) is 10.6. The molecule has 1 fully saturated rings. The Bertz CT molecular complexity index is 841. The fraction of sp³-hybridized carbons (Fsp3) is 0.278. The zero-order valence-corrected chi connectivity index (χ0v) is 12.1. The van der Waals surface area contributed by atoms with Gasteiger partial charge in [0.15, 0.2) is 5.78 Å². The van der Waals surface area contributed by atoms with Crippen LogP contribution in [0.4, 0.5) is 5.82 Å². The van der Waals surface area contributed by atoms with Gasteiger partial charge >= 0.3 is 0 Å². The number of nitrogens with zero attached hydrogens (tertiary/aromatic N) is 2. The van der Waals surface area contributed by atoms with Gasteiger partial charge in [0, 0.05) is 23.7 Å². The van der Waals surface area contributed by atoms with Gasteiger partial charge in [0.05, 0.1) is 5.69 Å². The quantitative estimate of drug-likeness (QED) is 0.756. The predicted octanol–water partition coefficient (Wildman–Crippen LogP) is 2.37. The van der Waals surface area contributed by atoms with Gasteiger partial charge in [-0.25, -0.2) is 4.98 Å². The van der Waals surface area contributed by atoms with Gasteiger partial charge in [-0.1, -0.05) is 12.0 Å². The Morgan fingerprint density at radius 2 is 2.05 bits per heavy atom. The van der Waals surface area contributed by atoms with Crippen molar-refractivity contribution < 1.29 is 4.79 Å². The molecule has 0 unspecified atom stereocenters. The number of ketones is 1. The average Bonchev–Trinajstić information content (AvgIpc) is 3.24. The lowest BCUT2D eigenvalue weighted by atomic mass is 9.83. The summed E-state index contributed by atoms with van der Waals surface area (Å²) in [7, 11) is 0. The first kappa shape index (κ1) is 13.0. The number of Topliss-reactive ketones (excluding diaryl/α,β-unsaturated/α-hetero) is 1. The molecule has 2 aliphatic carbocycles. The number of fused-ring (bicyclic) bond motifs is 1. The molecule has 0 amide bonds. The van der Waals surface area contributed by atoms with Crippen LogP contribution in [0, 0.1) is 17.3 Å². The lowest BCUT2D eigenvalue weighted by molar-refractivity contribution is 0.0939. The number of aromatic nitrogens is 2. The molecule has 108 valence electrons. The zero-order chi connectivity index (χ0) is 15.2. The summed E-state index contributed by atoms with van der Waals surface area (Å²) < 4.78 is 0. The summed E-state index contributed by atoms with van der Waals surface area (Å²) in [5, 5.41) is 0. The molecule has 22 heavy (non-hydrogen) atoms. The highest BCUT2D eigenvalue weighted by atomic mass is 16.1. The van der Waals surface area contributed by atoms with Crippen LogP contribution in [0.3, 0.4) is 0 Å². The fourth-order valence-corrected chi connectivity index (χ4v) is 2.98. The molecule has 0 aliphatic heterocycles. The SMILES string of the molecule is Nc1cccc(C#Cc2cnc3c(c2)C(=O)CC2(CC2)C3)n1. The van der Waals surface area contributed by atoms with Crippen molar-refractivity contribution in [2.45, 2.75) is 25.7 Å². The maximum absolute atomic E-state index is 12.3. The predicted molar refractivity (Wildman–Crippen MR) is 83.2 cm³/mol. The lowest BCUT2D eigenvalue weighted by Crippen LogP contribution is -2.22. The van der Waals surface area contributed by atoms with Gasteiger partial charge in [-0.15, -0.1) is 0 Å². The third kappa shape index (κ3) is 2.35. The van der Waals surface area contributed by atoms with Gasteiger partial charge in [0.1, 0.15) is 11.5 Å². The van der Waals surface area contributed by atoms with Crippen LogP contribution in [0.2, 0.25) is 0 Å². The third-order valence-electron chi connectivity index (χ3n) is 4.41. The number of rotatable bonds is 0. The Kier molecular flexibility index (Phi) is 2.77. The first-order valence-electron chi connectivity index (χ1n) is 7.40. The number of carbonyl (C=O) groups is 1. The number of hydrogen-bond donors (Lipinski definition) is 1. The van der Waals surface area contributed by atoms with Crippen LogP contribution in [0.1, 0.15) is 46.6 Å². The monoisotopic (exact) mass is 289 g/mol. The molecule has 4 nitrogen and oxygen atoms in total. The van der Waals surface area contributed by atoms with Crippen molar-refractivity contribution in [1.29, 1.82) is 0 Å². The lowest BCUT2D eigenvalue weighted by Gasteiger charge is -2.21. The van der Waals surface area contributed by atoms with E-state index in [0.29, 0.717) is 17.9 Å². The van der Waals surface area contributed by atoms with E-state index in [2.05, 4.69) is 21.8 Å². The van der Waals surface area contributed by atoms with Crippen LogP contribution in [0.5, 0.6) is 0 Å². The second-order valence-corrected chi connectivity index (χ2v) is 6.19. The van der Waals surface area contributed by atoms with E-state index in [1.807, 2.05) is 12.1 Å². The number of nitrogens with two attached hydrogens (primary N) is 1. The van der Waals surface area contributed by atoms with Crippen LogP contribution in [0.25, 0.3) is 0 Å². The summed E-state index contributed by atoms with van der Waals surface area (Å²) in [6.07, 6.45) is 5.64. The molecule has 2 aromatic rings. The van der Waals surface area contributed by atoms with Crippen molar-refractivity contribution in [3.63, 3.8) is 0 Å². The molecule has 0 atom stereocenters. The van der Waals surface area contributed by atoms with Gasteiger partial charge in [0.2, 0.25) is 0 Å². The number of anilines is 1. The summed E-state index contributed by atoms with van der Waals surface area (Å²) in [6, 6.07) is 7.20. The number of pyridine rings is 2. The molecule has 0 radical (unpaired) electrons. The Balaban J connectivity index is 1.65. The number of hydrogen-bond acceptors (Lipinski definition) is 4. The van der Waals surface area contributed by atoms with E-state index in [9.17, 15) is 4.79 Å². The summed E-state index contributed by atoms with van der Waals surface area (Å²) in [5.41, 5.74) is 8.89.